The van der Waals surface area contributed by atoms with Crippen molar-refractivity contribution in [2.45, 2.75) is 26.9 Å². The molecular weight excluding hydrogens is 277 g/mol. The Hall–Kier alpha value is -1.40. The van der Waals surface area contributed by atoms with E-state index in [2.05, 4.69) is 20.1 Å². The zero-order valence-corrected chi connectivity index (χ0v) is 11.6. The number of hydrogen-bond donors (Lipinski definition) is 0. The van der Waals surface area contributed by atoms with Crippen LogP contribution in [0, 0.1) is 6.92 Å². The third-order valence-corrected chi connectivity index (χ3v) is 2.50. The van der Waals surface area contributed by atoms with E-state index in [4.69, 9.17) is 27.9 Å². The maximum Gasteiger partial charge on any atom is 0.322 e. The SMILES string of the molecule is Cc1nn(-c2nc(Cl)nc(OC(C)C)n2)cc1Cl. The topological polar surface area (TPSA) is 65.7 Å². The lowest BCUT2D eigenvalue weighted by atomic mass is 10.5. The van der Waals surface area contributed by atoms with Crippen molar-refractivity contribution in [3.05, 3.63) is 22.2 Å². The third-order valence-electron chi connectivity index (χ3n) is 1.96. The van der Waals surface area contributed by atoms with Crippen LogP contribution in [0.15, 0.2) is 6.20 Å². The predicted octanol–water partition coefficient (Wildman–Crippen LogP) is 2.46. The summed E-state index contributed by atoms with van der Waals surface area (Å²) in [6.07, 6.45) is 1.54. The molecule has 8 heteroatoms. The summed E-state index contributed by atoms with van der Waals surface area (Å²) in [6, 6.07) is 0.157. The van der Waals surface area contributed by atoms with Crippen molar-refractivity contribution in [1.29, 1.82) is 0 Å². The molecule has 0 aliphatic rings. The number of nitrogens with zero attached hydrogens (tertiary/aromatic N) is 5. The maximum atomic E-state index is 5.92. The molecule has 0 atom stereocenters. The molecule has 0 spiro atoms. The van der Waals surface area contributed by atoms with Gasteiger partial charge in [0.2, 0.25) is 5.28 Å². The second-order valence-corrected chi connectivity index (χ2v) is 4.61. The van der Waals surface area contributed by atoms with Crippen molar-refractivity contribution in [2.75, 3.05) is 0 Å². The number of rotatable bonds is 3. The summed E-state index contributed by atoms with van der Waals surface area (Å²) >= 11 is 11.7. The molecule has 0 aliphatic carbocycles. The molecule has 0 aliphatic heterocycles. The molecule has 96 valence electrons. The van der Waals surface area contributed by atoms with Crippen LogP contribution in [0.25, 0.3) is 5.95 Å². The summed E-state index contributed by atoms with van der Waals surface area (Å²) in [6.45, 7) is 5.52. The molecule has 2 heterocycles. The standard InChI is InChI=1S/C10H11Cl2N5O/c1-5(2)18-10-14-8(12)13-9(15-10)17-4-7(11)6(3)16-17/h4-5H,1-3H3. The number of ether oxygens (including phenoxy) is 1. The predicted molar refractivity (Wildman–Crippen MR) is 67.5 cm³/mol. The van der Waals surface area contributed by atoms with Crippen molar-refractivity contribution >= 4 is 23.2 Å². The smallest absolute Gasteiger partial charge is 0.322 e. The molecule has 2 rings (SSSR count). The van der Waals surface area contributed by atoms with Gasteiger partial charge in [0.1, 0.15) is 0 Å². The van der Waals surface area contributed by atoms with Gasteiger partial charge in [0, 0.05) is 0 Å². The molecular formula is C10H11Cl2N5O. The number of hydrogen-bond acceptors (Lipinski definition) is 5. The molecule has 0 unspecified atom stereocenters. The van der Waals surface area contributed by atoms with Gasteiger partial charge in [-0.15, -0.1) is 0 Å². The van der Waals surface area contributed by atoms with E-state index in [9.17, 15) is 0 Å². The van der Waals surface area contributed by atoms with Crippen LogP contribution in [0.4, 0.5) is 0 Å². The van der Waals surface area contributed by atoms with Crippen molar-refractivity contribution in [1.82, 2.24) is 24.7 Å². The Labute approximate surface area is 114 Å². The minimum Gasteiger partial charge on any atom is -0.461 e. The van der Waals surface area contributed by atoms with Crippen LogP contribution >= 0.6 is 23.2 Å². The number of aromatic nitrogens is 5. The first-order valence-corrected chi connectivity index (χ1v) is 6.01. The van der Waals surface area contributed by atoms with Gasteiger partial charge in [-0.3, -0.25) is 0 Å². The van der Waals surface area contributed by atoms with Crippen LogP contribution in [-0.2, 0) is 0 Å². The summed E-state index contributed by atoms with van der Waals surface area (Å²) in [4.78, 5) is 12.0. The second kappa shape index (κ2) is 5.07. The molecule has 0 amide bonds. The lowest BCUT2D eigenvalue weighted by Gasteiger charge is -2.08. The summed E-state index contributed by atoms with van der Waals surface area (Å²) in [5.74, 6) is 0.264. The minimum absolute atomic E-state index is 0.0416. The van der Waals surface area contributed by atoms with Crippen LogP contribution in [0.3, 0.4) is 0 Å². The fourth-order valence-electron chi connectivity index (χ4n) is 1.23. The molecule has 6 nitrogen and oxygen atoms in total. The Bertz CT molecular complexity index is 550. The molecule has 0 radical (unpaired) electrons. The van der Waals surface area contributed by atoms with E-state index in [1.54, 1.807) is 13.1 Å². The molecule has 0 fully saturated rings. The lowest BCUT2D eigenvalue weighted by Crippen LogP contribution is -2.11. The number of halogens is 2. The van der Waals surface area contributed by atoms with Crippen LogP contribution in [0.5, 0.6) is 6.01 Å². The van der Waals surface area contributed by atoms with Crippen molar-refractivity contribution < 1.29 is 4.74 Å². The first kappa shape index (κ1) is 13.0. The largest absolute Gasteiger partial charge is 0.461 e. The van der Waals surface area contributed by atoms with Crippen molar-refractivity contribution in [3.8, 4) is 12.0 Å². The highest BCUT2D eigenvalue weighted by atomic mass is 35.5. The average molecular weight is 288 g/mol. The van der Waals surface area contributed by atoms with Gasteiger partial charge in [-0.2, -0.15) is 20.1 Å². The molecule has 0 saturated heterocycles. The average Bonchev–Trinajstić information content (AvgIpc) is 2.57. The molecule has 18 heavy (non-hydrogen) atoms. The Kier molecular flexibility index (Phi) is 3.68. The van der Waals surface area contributed by atoms with Gasteiger partial charge < -0.3 is 4.74 Å². The number of aryl methyl sites for hydroxylation is 1. The van der Waals surface area contributed by atoms with Gasteiger partial charge in [-0.25, -0.2) is 4.68 Å². The monoisotopic (exact) mass is 287 g/mol. The van der Waals surface area contributed by atoms with Gasteiger partial charge in [-0.1, -0.05) is 11.6 Å². The summed E-state index contributed by atoms with van der Waals surface area (Å²) in [7, 11) is 0. The molecule has 2 aromatic rings. The summed E-state index contributed by atoms with van der Waals surface area (Å²) in [5, 5.41) is 4.73. The van der Waals surface area contributed by atoms with Gasteiger partial charge in [0.15, 0.2) is 0 Å². The highest BCUT2D eigenvalue weighted by Crippen LogP contribution is 2.16. The van der Waals surface area contributed by atoms with E-state index in [1.807, 2.05) is 13.8 Å². The van der Waals surface area contributed by atoms with Crippen molar-refractivity contribution in [2.24, 2.45) is 0 Å². The summed E-state index contributed by atoms with van der Waals surface area (Å²) in [5.41, 5.74) is 0.680. The summed E-state index contributed by atoms with van der Waals surface area (Å²) < 4.78 is 6.80. The second-order valence-electron chi connectivity index (χ2n) is 3.86. The van der Waals surface area contributed by atoms with Gasteiger partial charge in [-0.05, 0) is 32.4 Å². The van der Waals surface area contributed by atoms with E-state index in [-0.39, 0.29) is 23.3 Å². The van der Waals surface area contributed by atoms with Gasteiger partial charge in [0.05, 0.1) is 23.0 Å². The first-order chi connectivity index (χ1) is 8.45. The van der Waals surface area contributed by atoms with Crippen LogP contribution in [0.2, 0.25) is 10.3 Å². The van der Waals surface area contributed by atoms with Gasteiger partial charge >= 0.3 is 6.01 Å². The molecule has 0 saturated carbocycles. The van der Waals surface area contributed by atoms with Crippen LogP contribution in [0.1, 0.15) is 19.5 Å². The molecule has 2 aromatic heterocycles. The maximum absolute atomic E-state index is 5.92. The Morgan fingerprint density at radius 3 is 2.50 bits per heavy atom. The fourth-order valence-corrected chi connectivity index (χ4v) is 1.51. The highest BCUT2D eigenvalue weighted by Gasteiger charge is 2.11. The fraction of sp³-hybridized carbons (Fsp3) is 0.400. The van der Waals surface area contributed by atoms with E-state index in [0.29, 0.717) is 10.7 Å². The van der Waals surface area contributed by atoms with E-state index in [1.165, 1.54) is 4.68 Å². The molecule has 0 N–H and O–H groups in total. The van der Waals surface area contributed by atoms with E-state index in [0.717, 1.165) is 0 Å². The lowest BCUT2D eigenvalue weighted by molar-refractivity contribution is 0.221. The van der Waals surface area contributed by atoms with Crippen LogP contribution in [-0.4, -0.2) is 30.8 Å². The minimum atomic E-state index is -0.0562. The first-order valence-electron chi connectivity index (χ1n) is 5.26. The molecule has 0 aromatic carbocycles. The Morgan fingerprint density at radius 1 is 1.22 bits per heavy atom. The normalized spacial score (nSPS) is 11.0. The quantitative estimate of drug-likeness (QED) is 0.868. The third kappa shape index (κ3) is 2.88. The highest BCUT2D eigenvalue weighted by molar-refractivity contribution is 6.31. The zero-order valence-electron chi connectivity index (χ0n) is 10.1. The van der Waals surface area contributed by atoms with Gasteiger partial charge in [0.25, 0.3) is 5.95 Å². The van der Waals surface area contributed by atoms with E-state index < -0.39 is 0 Å². The Morgan fingerprint density at radius 2 is 1.94 bits per heavy atom. The Balaban J connectivity index is 2.41. The zero-order chi connectivity index (χ0) is 13.3. The van der Waals surface area contributed by atoms with E-state index >= 15 is 0 Å². The van der Waals surface area contributed by atoms with Crippen LogP contribution < -0.4 is 4.74 Å². The molecule has 0 bridgehead atoms. The van der Waals surface area contributed by atoms with Crippen molar-refractivity contribution in [3.63, 3.8) is 0 Å².